The number of nitrogens with zero attached hydrogens (tertiary/aromatic N) is 2. The van der Waals surface area contributed by atoms with E-state index in [1.807, 2.05) is 0 Å². The number of rotatable bonds is 6. The molecule has 4 rings (SSSR count). The number of amides is 1. The number of hydrogen-bond acceptors (Lipinski definition) is 6. The molecule has 1 aromatic heterocycles. The number of nitrogens with one attached hydrogen (secondary N) is 1. The molecule has 0 aliphatic heterocycles. The van der Waals surface area contributed by atoms with Crippen LogP contribution in [0.5, 0.6) is 0 Å². The molecule has 1 N–H and O–H groups in total. The normalized spacial score (nSPS) is 23.7. The van der Waals surface area contributed by atoms with Crippen LogP contribution in [-0.4, -0.2) is 35.0 Å². The average molecular weight is 397 g/mol. The molecule has 0 radical (unpaired) electrons. The average Bonchev–Trinajstić information content (AvgIpc) is 3.37. The Kier molecular flexibility index (Phi) is 5.92. The zero-order chi connectivity index (χ0) is 20.2. The second kappa shape index (κ2) is 8.76. The molecule has 0 bridgehead atoms. The Labute approximate surface area is 170 Å². The van der Waals surface area contributed by atoms with Gasteiger partial charge < -0.3 is 9.47 Å². The molecule has 2 saturated carbocycles. The first-order valence-electron chi connectivity index (χ1n) is 10.5. The fraction of sp³-hybridized carbons (Fsp3) is 0.545. The summed E-state index contributed by atoms with van der Waals surface area (Å²) in [5, 5.41) is 10.8. The van der Waals surface area contributed by atoms with Crippen LogP contribution in [0.25, 0.3) is 0 Å². The predicted octanol–water partition coefficient (Wildman–Crippen LogP) is 3.47. The van der Waals surface area contributed by atoms with Gasteiger partial charge in [-0.25, -0.2) is 9.59 Å². The zero-order valence-electron chi connectivity index (χ0n) is 16.7. The smallest absolute Gasteiger partial charge is 0.412 e. The number of ether oxygens (including phenoxy) is 2. The van der Waals surface area contributed by atoms with Gasteiger partial charge in [0.05, 0.1) is 12.3 Å². The molecule has 0 aromatic carbocycles. The van der Waals surface area contributed by atoms with Crippen LogP contribution in [0.4, 0.5) is 4.79 Å². The summed E-state index contributed by atoms with van der Waals surface area (Å²) in [6.07, 6.45) is 9.06. The Balaban J connectivity index is 1.48. The van der Waals surface area contributed by atoms with Crippen molar-refractivity contribution in [1.82, 2.24) is 15.5 Å². The number of allylic oxidation sites excluding steroid dienone is 4. The summed E-state index contributed by atoms with van der Waals surface area (Å²) in [4.78, 5) is 25.1. The lowest BCUT2D eigenvalue weighted by Crippen LogP contribution is -2.38. The number of esters is 1. The highest BCUT2D eigenvalue weighted by Crippen LogP contribution is 2.47. The van der Waals surface area contributed by atoms with Crippen LogP contribution in [0.2, 0.25) is 0 Å². The molecule has 0 saturated heterocycles. The number of carbonyl (C=O) groups excluding carboxylic acids is 2. The summed E-state index contributed by atoms with van der Waals surface area (Å²) in [6.45, 7) is 1.94. The number of fused-ring (bicyclic) bond motifs is 2. The van der Waals surface area contributed by atoms with Crippen LogP contribution in [0.15, 0.2) is 41.2 Å². The molecule has 1 amide bonds. The van der Waals surface area contributed by atoms with Crippen LogP contribution in [0.3, 0.4) is 0 Å². The summed E-state index contributed by atoms with van der Waals surface area (Å²) in [7, 11) is 0. The van der Waals surface area contributed by atoms with Crippen molar-refractivity contribution in [1.29, 1.82) is 0 Å². The minimum Gasteiger partial charge on any atom is -0.463 e. The van der Waals surface area contributed by atoms with Crippen LogP contribution >= 0.6 is 0 Å². The second-order valence-electron chi connectivity index (χ2n) is 7.83. The van der Waals surface area contributed by atoms with Crippen molar-refractivity contribution in [3.8, 4) is 0 Å². The lowest BCUT2D eigenvalue weighted by Gasteiger charge is -2.29. The van der Waals surface area contributed by atoms with Crippen molar-refractivity contribution < 1.29 is 19.1 Å². The van der Waals surface area contributed by atoms with Gasteiger partial charge in [-0.15, -0.1) is 0 Å². The van der Waals surface area contributed by atoms with Crippen molar-refractivity contribution >= 4 is 12.1 Å². The highest BCUT2D eigenvalue weighted by atomic mass is 16.6. The topological polar surface area (TPSA) is 90.4 Å². The van der Waals surface area contributed by atoms with Crippen molar-refractivity contribution in [2.24, 2.45) is 11.8 Å². The third kappa shape index (κ3) is 4.33. The Bertz CT molecular complexity index is 834. The summed E-state index contributed by atoms with van der Waals surface area (Å²) >= 11 is 0. The standard InChI is InChI=1S/C22H27N3O4/c1-2-28-21(26)19(13-16-8-5-11-23-25-16)29-22(27)24-20-17-9-3-6-14(17)12-15-7-4-10-18(15)20/h5,8,11-12,14,17,19H,2-4,6-7,9-10,13H2,1H3,(H,24,27). The van der Waals surface area contributed by atoms with Gasteiger partial charge in [-0.2, -0.15) is 10.2 Å². The van der Waals surface area contributed by atoms with E-state index in [4.69, 9.17) is 9.47 Å². The zero-order valence-corrected chi connectivity index (χ0v) is 16.7. The fourth-order valence-electron chi connectivity index (χ4n) is 4.76. The predicted molar refractivity (Wildman–Crippen MR) is 106 cm³/mol. The van der Waals surface area contributed by atoms with Gasteiger partial charge in [-0.3, -0.25) is 5.32 Å². The molecule has 3 aliphatic carbocycles. The van der Waals surface area contributed by atoms with E-state index in [9.17, 15) is 9.59 Å². The monoisotopic (exact) mass is 397 g/mol. The molecule has 2 fully saturated rings. The molecule has 0 spiro atoms. The SMILES string of the molecule is CCOC(=O)C(Cc1cccnn1)OC(=O)NC1=C2CCCC2=CC2CCCC12. The number of alkyl carbamates (subject to hydrolysis) is 1. The Morgan fingerprint density at radius 2 is 2.17 bits per heavy atom. The third-order valence-electron chi connectivity index (χ3n) is 6.00. The summed E-state index contributed by atoms with van der Waals surface area (Å²) in [5.41, 5.74) is 4.22. The fourth-order valence-corrected chi connectivity index (χ4v) is 4.76. The highest BCUT2D eigenvalue weighted by Gasteiger charge is 2.37. The van der Waals surface area contributed by atoms with E-state index in [2.05, 4.69) is 21.6 Å². The van der Waals surface area contributed by atoms with E-state index in [0.29, 0.717) is 17.5 Å². The minimum absolute atomic E-state index is 0.128. The Hall–Kier alpha value is -2.70. The maximum absolute atomic E-state index is 12.8. The van der Waals surface area contributed by atoms with Crippen LogP contribution in [0.1, 0.15) is 51.1 Å². The van der Waals surface area contributed by atoms with Gasteiger partial charge in [0.25, 0.3) is 0 Å². The molecular weight excluding hydrogens is 370 g/mol. The molecule has 3 aliphatic rings. The van der Waals surface area contributed by atoms with Gasteiger partial charge in [-0.1, -0.05) is 12.5 Å². The van der Waals surface area contributed by atoms with Crippen LogP contribution in [-0.2, 0) is 20.7 Å². The van der Waals surface area contributed by atoms with E-state index in [-0.39, 0.29) is 13.0 Å². The lowest BCUT2D eigenvalue weighted by atomic mass is 9.82. The minimum atomic E-state index is -1.06. The lowest BCUT2D eigenvalue weighted by molar-refractivity contribution is -0.153. The van der Waals surface area contributed by atoms with Gasteiger partial charge in [-0.05, 0) is 68.2 Å². The van der Waals surface area contributed by atoms with Gasteiger partial charge in [0, 0.05) is 24.2 Å². The van der Waals surface area contributed by atoms with E-state index < -0.39 is 18.2 Å². The molecular formula is C22H27N3O4. The number of aromatic nitrogens is 2. The van der Waals surface area contributed by atoms with Gasteiger partial charge in [0.15, 0.2) is 0 Å². The first kappa shape index (κ1) is 19.6. The molecule has 1 heterocycles. The number of hydrogen-bond donors (Lipinski definition) is 1. The molecule has 154 valence electrons. The highest BCUT2D eigenvalue weighted by molar-refractivity contribution is 5.80. The maximum atomic E-state index is 12.8. The van der Waals surface area contributed by atoms with Gasteiger partial charge >= 0.3 is 12.1 Å². The summed E-state index contributed by atoms with van der Waals surface area (Å²) in [6, 6.07) is 3.47. The molecule has 3 atom stereocenters. The van der Waals surface area contributed by atoms with Crippen LogP contribution in [0, 0.1) is 11.8 Å². The molecule has 1 aromatic rings. The first-order valence-corrected chi connectivity index (χ1v) is 10.5. The quantitative estimate of drug-likeness (QED) is 0.739. The van der Waals surface area contributed by atoms with E-state index >= 15 is 0 Å². The first-order chi connectivity index (χ1) is 14.2. The number of carbonyl (C=O) groups is 2. The van der Waals surface area contributed by atoms with Crippen molar-refractivity contribution in [3.63, 3.8) is 0 Å². The largest absolute Gasteiger partial charge is 0.463 e. The van der Waals surface area contributed by atoms with Crippen molar-refractivity contribution in [3.05, 3.63) is 46.9 Å². The Morgan fingerprint density at radius 1 is 1.28 bits per heavy atom. The van der Waals surface area contributed by atoms with Crippen molar-refractivity contribution in [2.45, 2.75) is 58.0 Å². The summed E-state index contributed by atoms with van der Waals surface area (Å²) in [5.74, 6) is 0.276. The second-order valence-corrected chi connectivity index (χ2v) is 7.83. The molecule has 7 heteroatoms. The maximum Gasteiger partial charge on any atom is 0.412 e. The van der Waals surface area contributed by atoms with E-state index in [0.717, 1.165) is 31.4 Å². The Morgan fingerprint density at radius 3 is 2.97 bits per heavy atom. The molecule has 7 nitrogen and oxygen atoms in total. The molecule has 3 unspecified atom stereocenters. The third-order valence-corrected chi connectivity index (χ3v) is 6.00. The summed E-state index contributed by atoms with van der Waals surface area (Å²) < 4.78 is 10.6. The van der Waals surface area contributed by atoms with Crippen molar-refractivity contribution in [2.75, 3.05) is 6.61 Å². The van der Waals surface area contributed by atoms with Gasteiger partial charge in [0.2, 0.25) is 6.10 Å². The van der Waals surface area contributed by atoms with E-state index in [1.54, 1.807) is 25.3 Å². The molecule has 29 heavy (non-hydrogen) atoms. The van der Waals surface area contributed by atoms with E-state index in [1.165, 1.54) is 24.0 Å². The van der Waals surface area contributed by atoms with Gasteiger partial charge in [0.1, 0.15) is 0 Å². The van der Waals surface area contributed by atoms with Crippen LogP contribution < -0.4 is 5.32 Å².